The summed E-state index contributed by atoms with van der Waals surface area (Å²) in [6, 6.07) is 11.2. The van der Waals surface area contributed by atoms with E-state index >= 15 is 0 Å². The van der Waals surface area contributed by atoms with Gasteiger partial charge in [0, 0.05) is 11.1 Å². The molecule has 0 unspecified atom stereocenters. The van der Waals surface area contributed by atoms with Gasteiger partial charge in [-0.1, -0.05) is 61.5 Å². The summed E-state index contributed by atoms with van der Waals surface area (Å²) in [6.07, 6.45) is 5.84. The number of aromatic nitrogens is 2. The zero-order valence-corrected chi connectivity index (χ0v) is 20.6. The Morgan fingerprint density at radius 2 is 1.82 bits per heavy atom. The summed E-state index contributed by atoms with van der Waals surface area (Å²) in [4.78, 5) is 19.8. The lowest BCUT2D eigenvalue weighted by Gasteiger charge is -2.18. The molecule has 178 valence electrons. The highest BCUT2D eigenvalue weighted by molar-refractivity contribution is 7.92. The predicted molar refractivity (Wildman–Crippen MR) is 132 cm³/mol. The summed E-state index contributed by atoms with van der Waals surface area (Å²) in [5, 5.41) is 9.34. The summed E-state index contributed by atoms with van der Waals surface area (Å²) >= 11 is 6.42. The minimum atomic E-state index is -4.13. The molecule has 0 aliphatic heterocycles. The van der Waals surface area contributed by atoms with Gasteiger partial charge in [-0.3, -0.25) is 0 Å². The second-order valence-electron chi connectivity index (χ2n) is 8.71. The van der Waals surface area contributed by atoms with Gasteiger partial charge >= 0.3 is 5.97 Å². The molecule has 1 aliphatic carbocycles. The quantitative estimate of drug-likeness (QED) is 0.407. The minimum Gasteiger partial charge on any atom is -0.478 e. The summed E-state index contributed by atoms with van der Waals surface area (Å²) in [5.74, 6) is -0.762. The van der Waals surface area contributed by atoms with Crippen molar-refractivity contribution in [3.63, 3.8) is 0 Å². The van der Waals surface area contributed by atoms with E-state index in [-0.39, 0.29) is 21.6 Å². The highest BCUT2D eigenvalue weighted by atomic mass is 35.5. The van der Waals surface area contributed by atoms with E-state index in [0.29, 0.717) is 17.2 Å². The van der Waals surface area contributed by atoms with Crippen LogP contribution in [-0.4, -0.2) is 29.5 Å². The number of anilines is 1. The van der Waals surface area contributed by atoms with Gasteiger partial charge in [0.15, 0.2) is 0 Å². The average Bonchev–Trinajstić information content (AvgIpc) is 3.29. The number of carboxylic acids is 1. The van der Waals surface area contributed by atoms with Gasteiger partial charge in [0.2, 0.25) is 5.95 Å². The van der Waals surface area contributed by atoms with Crippen LogP contribution < -0.4 is 4.72 Å². The van der Waals surface area contributed by atoms with Crippen LogP contribution in [0.3, 0.4) is 0 Å². The van der Waals surface area contributed by atoms with Gasteiger partial charge < -0.3 is 5.11 Å². The van der Waals surface area contributed by atoms with Gasteiger partial charge in [0.25, 0.3) is 10.0 Å². The van der Waals surface area contributed by atoms with Crippen LogP contribution in [-0.2, 0) is 16.4 Å². The monoisotopic (exact) mass is 499 g/mol. The molecule has 4 rings (SSSR count). The van der Waals surface area contributed by atoms with Crippen LogP contribution in [0.1, 0.15) is 52.7 Å². The number of nitrogens with one attached hydrogen (secondary N) is 1. The predicted octanol–water partition coefficient (Wildman–Crippen LogP) is 5.65. The van der Waals surface area contributed by atoms with Crippen LogP contribution in [0.15, 0.2) is 47.4 Å². The first-order valence-electron chi connectivity index (χ1n) is 11.1. The molecule has 0 bridgehead atoms. The molecule has 0 atom stereocenters. The van der Waals surface area contributed by atoms with E-state index in [2.05, 4.69) is 20.8 Å². The van der Waals surface area contributed by atoms with E-state index in [1.165, 1.54) is 43.9 Å². The topological polar surface area (TPSA) is 109 Å². The molecule has 7 nitrogen and oxygen atoms in total. The second-order valence-corrected chi connectivity index (χ2v) is 10.8. The van der Waals surface area contributed by atoms with Crippen molar-refractivity contribution >= 4 is 33.5 Å². The molecular weight excluding hydrogens is 474 g/mol. The molecule has 2 aromatic carbocycles. The maximum absolute atomic E-state index is 13.0. The minimum absolute atomic E-state index is 0.136. The molecule has 0 amide bonds. The Kier molecular flexibility index (Phi) is 6.91. The smallest absolute Gasteiger partial charge is 0.335 e. The summed E-state index contributed by atoms with van der Waals surface area (Å²) in [7, 11) is -4.13. The van der Waals surface area contributed by atoms with E-state index in [1.54, 1.807) is 0 Å². The molecule has 9 heteroatoms. The third-order valence-electron chi connectivity index (χ3n) is 6.28. The third-order valence-corrected chi connectivity index (χ3v) is 7.98. The molecule has 2 N–H and O–H groups in total. The number of hydrogen-bond donors (Lipinski definition) is 2. The van der Waals surface area contributed by atoms with Crippen LogP contribution in [0.4, 0.5) is 5.95 Å². The number of hydrogen-bond acceptors (Lipinski definition) is 5. The van der Waals surface area contributed by atoms with E-state index in [9.17, 15) is 18.3 Å². The van der Waals surface area contributed by atoms with Gasteiger partial charge in [-0.2, -0.15) is 4.98 Å². The number of halogens is 1. The molecule has 3 aromatic rings. The molecule has 1 heterocycles. The fourth-order valence-corrected chi connectivity index (χ4v) is 5.68. The largest absolute Gasteiger partial charge is 0.478 e. The molecule has 34 heavy (non-hydrogen) atoms. The molecular formula is C25H26ClN3O4S. The van der Waals surface area contributed by atoms with E-state index in [1.807, 2.05) is 26.0 Å². The standard InChI is InChI=1S/C25H26ClN3O4S/c1-15-7-5-10-18(13-17-8-3-4-9-17)21(15)22-16(2)23(26)28-25(27-22)29-34(32,33)20-12-6-11-19(14-20)24(30)31/h5-7,10-12,14,17H,3-4,8-9,13H2,1-2H3,(H,30,31)(H,27,28,29). The van der Waals surface area contributed by atoms with Crippen molar-refractivity contribution in [1.29, 1.82) is 0 Å². The lowest BCUT2D eigenvalue weighted by Crippen LogP contribution is -2.16. The van der Waals surface area contributed by atoms with Gasteiger partial charge in [-0.15, -0.1) is 0 Å². The van der Waals surface area contributed by atoms with Crippen molar-refractivity contribution in [1.82, 2.24) is 9.97 Å². The number of nitrogens with zero attached hydrogens (tertiary/aromatic N) is 2. The van der Waals surface area contributed by atoms with Crippen LogP contribution in [0, 0.1) is 19.8 Å². The SMILES string of the molecule is Cc1cccc(CC2CCCC2)c1-c1nc(NS(=O)(=O)c2cccc(C(=O)O)c2)nc(Cl)c1C. The van der Waals surface area contributed by atoms with Crippen LogP contribution >= 0.6 is 11.6 Å². The Hall–Kier alpha value is -2.97. The highest BCUT2D eigenvalue weighted by Crippen LogP contribution is 2.36. The normalized spacial score (nSPS) is 14.3. The van der Waals surface area contributed by atoms with Crippen molar-refractivity contribution in [2.75, 3.05) is 4.72 Å². The number of aryl methyl sites for hydroxylation is 1. The van der Waals surface area contributed by atoms with E-state index in [0.717, 1.165) is 29.2 Å². The molecule has 0 radical (unpaired) electrons. The lowest BCUT2D eigenvalue weighted by molar-refractivity contribution is 0.0696. The third kappa shape index (κ3) is 5.08. The van der Waals surface area contributed by atoms with Gasteiger partial charge in [0.1, 0.15) is 5.15 Å². The number of carboxylic acid groups (broad SMARTS) is 1. The van der Waals surface area contributed by atoms with Crippen molar-refractivity contribution in [3.8, 4) is 11.3 Å². The Labute approximate surface area is 204 Å². The number of carbonyl (C=O) groups is 1. The Morgan fingerprint density at radius 3 is 2.53 bits per heavy atom. The number of sulfonamides is 1. The molecule has 1 aliphatic rings. The molecule has 0 saturated heterocycles. The number of benzene rings is 2. The number of aromatic carboxylic acids is 1. The van der Waals surface area contributed by atoms with Crippen LogP contribution in [0.2, 0.25) is 5.15 Å². The van der Waals surface area contributed by atoms with E-state index in [4.69, 9.17) is 11.6 Å². The fourth-order valence-electron chi connectivity index (χ4n) is 4.52. The summed E-state index contributed by atoms with van der Waals surface area (Å²) in [6.45, 7) is 3.82. The average molecular weight is 500 g/mol. The highest BCUT2D eigenvalue weighted by Gasteiger charge is 2.23. The molecule has 1 saturated carbocycles. The first-order valence-corrected chi connectivity index (χ1v) is 13.0. The second kappa shape index (κ2) is 9.72. The Bertz CT molecular complexity index is 1350. The first-order chi connectivity index (χ1) is 16.2. The molecule has 1 fully saturated rings. The van der Waals surface area contributed by atoms with E-state index < -0.39 is 16.0 Å². The maximum Gasteiger partial charge on any atom is 0.335 e. The van der Waals surface area contributed by atoms with Crippen molar-refractivity contribution in [3.05, 3.63) is 69.9 Å². The summed E-state index contributed by atoms with van der Waals surface area (Å²) < 4.78 is 28.3. The first kappa shape index (κ1) is 24.2. The molecule has 1 aromatic heterocycles. The van der Waals surface area contributed by atoms with Crippen molar-refractivity contribution in [2.45, 2.75) is 50.8 Å². The zero-order chi connectivity index (χ0) is 24.5. The van der Waals surface area contributed by atoms with Crippen LogP contribution in [0.25, 0.3) is 11.3 Å². The summed E-state index contributed by atoms with van der Waals surface area (Å²) in [5.41, 5.74) is 4.25. The van der Waals surface area contributed by atoms with Crippen LogP contribution in [0.5, 0.6) is 0 Å². The van der Waals surface area contributed by atoms with Crippen molar-refractivity contribution < 1.29 is 18.3 Å². The molecule has 0 spiro atoms. The van der Waals surface area contributed by atoms with Gasteiger partial charge in [-0.05, 0) is 55.5 Å². The number of rotatable bonds is 7. The Balaban J connectivity index is 1.74. The maximum atomic E-state index is 13.0. The Morgan fingerprint density at radius 1 is 1.12 bits per heavy atom. The fraction of sp³-hybridized carbons (Fsp3) is 0.320. The lowest BCUT2D eigenvalue weighted by atomic mass is 9.90. The van der Waals surface area contributed by atoms with Gasteiger partial charge in [-0.25, -0.2) is 22.9 Å². The zero-order valence-electron chi connectivity index (χ0n) is 19.0. The van der Waals surface area contributed by atoms with Gasteiger partial charge in [0.05, 0.1) is 16.2 Å². The van der Waals surface area contributed by atoms with Crippen molar-refractivity contribution in [2.24, 2.45) is 5.92 Å².